The van der Waals surface area contributed by atoms with Crippen molar-refractivity contribution in [2.24, 2.45) is 7.05 Å². The van der Waals surface area contributed by atoms with Crippen LogP contribution in [0.15, 0.2) is 0 Å². The zero-order valence-corrected chi connectivity index (χ0v) is 6.84. The molecule has 1 aromatic rings. The quantitative estimate of drug-likeness (QED) is 0.662. The van der Waals surface area contributed by atoms with Gasteiger partial charge in [-0.15, -0.1) is 0 Å². The Morgan fingerprint density at radius 2 is 2.27 bits per heavy atom. The smallest absolute Gasteiger partial charge is 0.249 e. The Morgan fingerprint density at radius 1 is 1.55 bits per heavy atom. The summed E-state index contributed by atoms with van der Waals surface area (Å²) in [6.07, 6.45) is 2.77. The lowest BCUT2D eigenvalue weighted by Gasteiger charge is -1.97. The molecule has 0 aliphatic carbocycles. The van der Waals surface area contributed by atoms with E-state index in [9.17, 15) is 4.39 Å². The second kappa shape index (κ2) is 3.46. The standard InChI is InChI=1S/C7H12FN3/c1-3-4-5-6-7(8)9-10-11(6)2/h3-5H2,1-2H3. The van der Waals surface area contributed by atoms with E-state index in [0.29, 0.717) is 5.69 Å². The molecular formula is C7H12FN3. The van der Waals surface area contributed by atoms with Crippen molar-refractivity contribution in [1.29, 1.82) is 0 Å². The van der Waals surface area contributed by atoms with Crippen LogP contribution in [0.1, 0.15) is 25.5 Å². The van der Waals surface area contributed by atoms with E-state index in [4.69, 9.17) is 0 Å². The van der Waals surface area contributed by atoms with E-state index in [1.807, 2.05) is 0 Å². The fraction of sp³-hybridized carbons (Fsp3) is 0.714. The number of halogens is 1. The topological polar surface area (TPSA) is 30.7 Å². The first-order chi connectivity index (χ1) is 5.25. The van der Waals surface area contributed by atoms with Crippen LogP contribution >= 0.6 is 0 Å². The molecule has 0 amide bonds. The first kappa shape index (κ1) is 8.17. The molecule has 1 aromatic heterocycles. The van der Waals surface area contributed by atoms with Crippen molar-refractivity contribution in [1.82, 2.24) is 15.0 Å². The molecule has 0 unspecified atom stereocenters. The zero-order valence-electron chi connectivity index (χ0n) is 6.84. The second-order valence-corrected chi connectivity index (χ2v) is 2.55. The van der Waals surface area contributed by atoms with Gasteiger partial charge in [0.25, 0.3) is 5.95 Å². The monoisotopic (exact) mass is 157 g/mol. The highest BCUT2D eigenvalue weighted by atomic mass is 19.1. The number of unbranched alkanes of at least 4 members (excludes halogenated alkanes) is 1. The van der Waals surface area contributed by atoms with Crippen molar-refractivity contribution >= 4 is 0 Å². The zero-order chi connectivity index (χ0) is 8.27. The van der Waals surface area contributed by atoms with E-state index in [-0.39, 0.29) is 0 Å². The van der Waals surface area contributed by atoms with Gasteiger partial charge >= 0.3 is 0 Å². The van der Waals surface area contributed by atoms with Gasteiger partial charge in [-0.3, -0.25) is 0 Å². The Morgan fingerprint density at radius 3 is 2.73 bits per heavy atom. The van der Waals surface area contributed by atoms with Crippen LogP contribution < -0.4 is 0 Å². The number of hydrogen-bond donors (Lipinski definition) is 0. The first-order valence-corrected chi connectivity index (χ1v) is 3.79. The largest absolute Gasteiger partial charge is 0.255 e. The normalized spacial score (nSPS) is 10.5. The predicted molar refractivity (Wildman–Crippen MR) is 39.6 cm³/mol. The fourth-order valence-corrected chi connectivity index (χ4v) is 0.961. The Hall–Kier alpha value is -0.930. The van der Waals surface area contributed by atoms with Gasteiger partial charge in [0, 0.05) is 7.05 Å². The van der Waals surface area contributed by atoms with Gasteiger partial charge in [-0.2, -0.15) is 4.39 Å². The van der Waals surface area contributed by atoms with Crippen LogP contribution in [0.2, 0.25) is 0 Å². The van der Waals surface area contributed by atoms with Crippen molar-refractivity contribution in [2.45, 2.75) is 26.2 Å². The van der Waals surface area contributed by atoms with Crippen LogP contribution in [0.5, 0.6) is 0 Å². The van der Waals surface area contributed by atoms with Gasteiger partial charge in [-0.05, 0) is 12.8 Å². The Kier molecular flexibility index (Phi) is 2.57. The van der Waals surface area contributed by atoms with Crippen LogP contribution in [0.25, 0.3) is 0 Å². The van der Waals surface area contributed by atoms with Gasteiger partial charge in [0.2, 0.25) is 0 Å². The van der Waals surface area contributed by atoms with Crippen LogP contribution in [-0.4, -0.2) is 15.0 Å². The van der Waals surface area contributed by atoms with E-state index in [1.54, 1.807) is 7.05 Å². The van der Waals surface area contributed by atoms with Gasteiger partial charge in [0.05, 0.1) is 5.69 Å². The van der Waals surface area contributed by atoms with E-state index in [0.717, 1.165) is 19.3 Å². The lowest BCUT2D eigenvalue weighted by atomic mass is 10.2. The molecule has 0 radical (unpaired) electrons. The second-order valence-electron chi connectivity index (χ2n) is 2.55. The predicted octanol–water partition coefficient (Wildman–Crippen LogP) is 1.30. The molecule has 62 valence electrons. The molecule has 4 heteroatoms. The van der Waals surface area contributed by atoms with Crippen LogP contribution in [0.3, 0.4) is 0 Å². The summed E-state index contributed by atoms with van der Waals surface area (Å²) in [6.45, 7) is 2.07. The number of rotatable bonds is 3. The minimum Gasteiger partial charge on any atom is -0.249 e. The lowest BCUT2D eigenvalue weighted by Crippen LogP contribution is -1.99. The molecule has 1 heterocycles. The van der Waals surface area contributed by atoms with Gasteiger partial charge in [0.15, 0.2) is 0 Å². The molecule has 0 aliphatic rings. The van der Waals surface area contributed by atoms with Gasteiger partial charge in [-0.1, -0.05) is 23.7 Å². The number of hydrogen-bond acceptors (Lipinski definition) is 2. The molecule has 0 fully saturated rings. The van der Waals surface area contributed by atoms with E-state index >= 15 is 0 Å². The highest BCUT2D eigenvalue weighted by molar-refractivity contribution is 4.96. The molecule has 0 saturated heterocycles. The summed E-state index contributed by atoms with van der Waals surface area (Å²) in [4.78, 5) is 0. The minimum absolute atomic E-state index is 0.430. The molecule has 0 saturated carbocycles. The van der Waals surface area contributed by atoms with Crippen LogP contribution in [0.4, 0.5) is 4.39 Å². The molecule has 11 heavy (non-hydrogen) atoms. The minimum atomic E-state index is -0.430. The Balaban J connectivity index is 2.67. The Bertz CT molecular complexity index is 212. The fourth-order valence-electron chi connectivity index (χ4n) is 0.961. The van der Waals surface area contributed by atoms with Crippen molar-refractivity contribution in [3.8, 4) is 0 Å². The molecule has 3 nitrogen and oxygen atoms in total. The summed E-state index contributed by atoms with van der Waals surface area (Å²) in [5, 5.41) is 6.88. The number of aromatic nitrogens is 3. The van der Waals surface area contributed by atoms with Crippen molar-refractivity contribution in [3.63, 3.8) is 0 Å². The summed E-state index contributed by atoms with van der Waals surface area (Å²) < 4.78 is 14.2. The van der Waals surface area contributed by atoms with Crippen molar-refractivity contribution < 1.29 is 4.39 Å². The molecule has 0 aliphatic heterocycles. The number of nitrogens with zero attached hydrogens (tertiary/aromatic N) is 3. The molecule has 1 rings (SSSR count). The SMILES string of the molecule is CCCCc1c(F)nnn1C. The third-order valence-corrected chi connectivity index (χ3v) is 1.66. The van der Waals surface area contributed by atoms with Crippen molar-refractivity contribution in [2.75, 3.05) is 0 Å². The van der Waals surface area contributed by atoms with Crippen LogP contribution in [-0.2, 0) is 13.5 Å². The highest BCUT2D eigenvalue weighted by Crippen LogP contribution is 2.05. The maximum Gasteiger partial charge on any atom is 0.255 e. The van der Waals surface area contributed by atoms with Gasteiger partial charge < -0.3 is 0 Å². The maximum absolute atomic E-state index is 12.7. The maximum atomic E-state index is 12.7. The van der Waals surface area contributed by atoms with Gasteiger partial charge in [-0.25, -0.2) is 4.68 Å². The highest BCUT2D eigenvalue weighted by Gasteiger charge is 2.07. The van der Waals surface area contributed by atoms with Crippen LogP contribution in [0, 0.1) is 5.95 Å². The summed E-state index contributed by atoms with van der Waals surface area (Å²) in [7, 11) is 1.71. The number of aryl methyl sites for hydroxylation is 1. The molecule has 0 N–H and O–H groups in total. The van der Waals surface area contributed by atoms with E-state index in [2.05, 4.69) is 17.2 Å². The first-order valence-electron chi connectivity index (χ1n) is 3.79. The third-order valence-electron chi connectivity index (χ3n) is 1.66. The van der Waals surface area contributed by atoms with Crippen molar-refractivity contribution in [3.05, 3.63) is 11.6 Å². The summed E-state index contributed by atoms with van der Waals surface area (Å²) in [6, 6.07) is 0. The lowest BCUT2D eigenvalue weighted by molar-refractivity contribution is 0.560. The average molecular weight is 157 g/mol. The third kappa shape index (κ3) is 1.76. The van der Waals surface area contributed by atoms with Gasteiger partial charge in [0.1, 0.15) is 0 Å². The van der Waals surface area contributed by atoms with E-state index in [1.165, 1.54) is 4.68 Å². The molecule has 0 atom stereocenters. The summed E-state index contributed by atoms with van der Waals surface area (Å²) in [5.41, 5.74) is 0.604. The Labute approximate surface area is 65.2 Å². The molecule has 0 spiro atoms. The summed E-state index contributed by atoms with van der Waals surface area (Å²) in [5.74, 6) is -0.430. The molecular weight excluding hydrogens is 145 g/mol. The summed E-state index contributed by atoms with van der Waals surface area (Å²) >= 11 is 0. The average Bonchev–Trinajstić information content (AvgIpc) is 2.29. The molecule has 0 aromatic carbocycles. The van der Waals surface area contributed by atoms with E-state index < -0.39 is 5.95 Å². The molecule has 0 bridgehead atoms.